The fourth-order valence-electron chi connectivity index (χ4n) is 2.00. The van der Waals surface area contributed by atoms with Gasteiger partial charge in [-0.2, -0.15) is 0 Å². The Kier molecular flexibility index (Phi) is 6.38. The molecule has 0 bridgehead atoms. The number of hydrogen-bond acceptors (Lipinski definition) is 6. The van der Waals surface area contributed by atoms with E-state index in [9.17, 15) is 19.7 Å². The molecule has 0 aliphatic carbocycles. The zero-order valence-corrected chi connectivity index (χ0v) is 13.8. The van der Waals surface area contributed by atoms with E-state index in [4.69, 9.17) is 0 Å². The topological polar surface area (TPSA) is 126 Å². The number of anilines is 1. The first kappa shape index (κ1) is 18.6. The first-order chi connectivity index (χ1) is 12.4. The number of pyridine rings is 1. The molecule has 0 aliphatic heterocycles. The molecule has 1 aromatic carbocycles. The summed E-state index contributed by atoms with van der Waals surface area (Å²) in [6.45, 7) is 3.67. The number of non-ortho nitro benzene ring substituents is 1. The summed E-state index contributed by atoms with van der Waals surface area (Å²) in [4.78, 5) is 37.7. The summed E-state index contributed by atoms with van der Waals surface area (Å²) in [5.74, 6) is -0.673. The van der Waals surface area contributed by atoms with Crippen LogP contribution in [0.25, 0.3) is 0 Å². The van der Waals surface area contributed by atoms with Gasteiger partial charge in [-0.1, -0.05) is 18.7 Å². The molecule has 0 saturated carbocycles. The maximum Gasteiger partial charge on any atom is 0.269 e. The number of amides is 2. The van der Waals surface area contributed by atoms with Gasteiger partial charge in [0, 0.05) is 24.0 Å². The second-order valence-electron chi connectivity index (χ2n) is 5.34. The van der Waals surface area contributed by atoms with E-state index in [-0.39, 0.29) is 30.3 Å². The highest BCUT2D eigenvalue weighted by Crippen LogP contribution is 2.12. The minimum absolute atomic E-state index is 0.0279. The van der Waals surface area contributed by atoms with E-state index in [1.54, 1.807) is 18.3 Å². The van der Waals surface area contributed by atoms with E-state index in [1.165, 1.54) is 30.5 Å². The van der Waals surface area contributed by atoms with Crippen molar-refractivity contribution in [3.63, 3.8) is 0 Å². The Morgan fingerprint density at radius 3 is 2.46 bits per heavy atom. The third-order valence-corrected chi connectivity index (χ3v) is 3.21. The molecule has 1 aromatic heterocycles. The lowest BCUT2D eigenvalue weighted by atomic mass is 10.1. The fraction of sp³-hybridized carbons (Fsp3) is 0.118. The van der Waals surface area contributed by atoms with Gasteiger partial charge in [-0.05, 0) is 17.7 Å². The van der Waals surface area contributed by atoms with Crippen LogP contribution in [0.2, 0.25) is 0 Å². The quantitative estimate of drug-likeness (QED) is 0.489. The lowest BCUT2D eigenvalue weighted by Gasteiger charge is -2.11. The Morgan fingerprint density at radius 2 is 1.85 bits per heavy atom. The van der Waals surface area contributed by atoms with E-state index >= 15 is 0 Å². The molecule has 3 N–H and O–H groups in total. The van der Waals surface area contributed by atoms with Crippen LogP contribution in [0.4, 0.5) is 11.4 Å². The lowest BCUT2D eigenvalue weighted by Crippen LogP contribution is -2.38. The van der Waals surface area contributed by atoms with E-state index in [0.29, 0.717) is 16.9 Å². The Labute approximate surface area is 149 Å². The molecule has 0 fully saturated rings. The van der Waals surface area contributed by atoms with Gasteiger partial charge in [0.1, 0.15) is 0 Å². The summed E-state index contributed by atoms with van der Waals surface area (Å²) in [5, 5.41) is 13.2. The molecule has 9 heteroatoms. The molecule has 9 nitrogen and oxygen atoms in total. The van der Waals surface area contributed by atoms with Crippen LogP contribution in [0.5, 0.6) is 0 Å². The summed E-state index contributed by atoms with van der Waals surface area (Å²) < 4.78 is 0. The monoisotopic (exact) mass is 355 g/mol. The smallest absolute Gasteiger partial charge is 0.269 e. The zero-order chi connectivity index (χ0) is 18.9. The molecule has 0 spiro atoms. The molecule has 0 aliphatic rings. The predicted octanol–water partition coefficient (Wildman–Crippen LogP) is 1.70. The van der Waals surface area contributed by atoms with Crippen LogP contribution in [-0.4, -0.2) is 21.7 Å². The highest BCUT2D eigenvalue weighted by Gasteiger charge is 2.09. The van der Waals surface area contributed by atoms with E-state index < -0.39 is 4.92 Å². The molecular weight excluding hydrogens is 338 g/mol. The Hall–Kier alpha value is -3.75. The van der Waals surface area contributed by atoms with Crippen molar-refractivity contribution in [1.82, 2.24) is 15.8 Å². The number of nitro benzene ring substituents is 1. The van der Waals surface area contributed by atoms with Crippen molar-refractivity contribution < 1.29 is 14.5 Å². The number of rotatable bonds is 8. The van der Waals surface area contributed by atoms with Crippen molar-refractivity contribution in [2.24, 2.45) is 0 Å². The summed E-state index contributed by atoms with van der Waals surface area (Å²) in [7, 11) is 0. The van der Waals surface area contributed by atoms with Crippen LogP contribution < -0.4 is 16.2 Å². The fourth-order valence-corrected chi connectivity index (χ4v) is 2.00. The third kappa shape index (κ3) is 6.04. The molecule has 2 amide bonds. The van der Waals surface area contributed by atoms with Gasteiger partial charge in [-0.3, -0.25) is 30.1 Å². The number of carbonyl (C=O) groups excluding carboxylic acids is 2. The number of nitro groups is 1. The number of hydrazine groups is 1. The van der Waals surface area contributed by atoms with Crippen LogP contribution in [-0.2, 0) is 16.0 Å². The molecule has 2 aromatic rings. The first-order valence-electron chi connectivity index (χ1n) is 7.60. The SMILES string of the molecule is C=C(CC(=O)Nc1cccnc1)NNC(=O)Cc1ccc([N+](=O)[O-])cc1. The minimum Gasteiger partial charge on any atom is -0.324 e. The number of nitrogens with one attached hydrogen (secondary N) is 3. The summed E-state index contributed by atoms with van der Waals surface area (Å²) in [6.07, 6.45) is 3.10. The summed E-state index contributed by atoms with van der Waals surface area (Å²) in [6, 6.07) is 9.07. The van der Waals surface area contributed by atoms with E-state index in [2.05, 4.69) is 27.7 Å². The van der Waals surface area contributed by atoms with Crippen molar-refractivity contribution in [1.29, 1.82) is 0 Å². The standard InChI is InChI=1S/C17H17N5O4/c1-12(9-16(23)19-14-3-2-8-18-11-14)20-21-17(24)10-13-4-6-15(7-5-13)22(25)26/h2-8,11,20H,1,9-10H2,(H,19,23)(H,21,24). The molecule has 0 atom stereocenters. The summed E-state index contributed by atoms with van der Waals surface area (Å²) >= 11 is 0. The van der Waals surface area contributed by atoms with Gasteiger partial charge in [-0.25, -0.2) is 0 Å². The maximum absolute atomic E-state index is 11.9. The molecule has 0 saturated heterocycles. The predicted molar refractivity (Wildman–Crippen MR) is 94.7 cm³/mol. The average Bonchev–Trinajstić information content (AvgIpc) is 2.61. The van der Waals surface area contributed by atoms with Crippen LogP contribution in [0.3, 0.4) is 0 Å². The molecule has 2 rings (SSSR count). The number of nitrogens with zero attached hydrogens (tertiary/aromatic N) is 2. The second-order valence-corrected chi connectivity index (χ2v) is 5.34. The van der Waals surface area contributed by atoms with Crippen LogP contribution in [0.15, 0.2) is 61.1 Å². The Morgan fingerprint density at radius 1 is 1.12 bits per heavy atom. The van der Waals surface area contributed by atoms with E-state index in [1.807, 2.05) is 0 Å². The van der Waals surface area contributed by atoms with Crippen molar-refractivity contribution in [3.8, 4) is 0 Å². The van der Waals surface area contributed by atoms with Gasteiger partial charge in [0.05, 0.1) is 29.6 Å². The maximum atomic E-state index is 11.9. The molecule has 0 unspecified atom stereocenters. The normalized spacial score (nSPS) is 9.85. The highest BCUT2D eigenvalue weighted by molar-refractivity contribution is 5.92. The molecule has 134 valence electrons. The van der Waals surface area contributed by atoms with Crippen LogP contribution in [0, 0.1) is 10.1 Å². The highest BCUT2D eigenvalue weighted by atomic mass is 16.6. The van der Waals surface area contributed by atoms with Crippen LogP contribution >= 0.6 is 0 Å². The first-order valence-corrected chi connectivity index (χ1v) is 7.60. The molecule has 26 heavy (non-hydrogen) atoms. The zero-order valence-electron chi connectivity index (χ0n) is 13.8. The second kappa shape index (κ2) is 8.92. The number of hydrogen-bond donors (Lipinski definition) is 3. The molecular formula is C17H17N5O4. The van der Waals surface area contributed by atoms with Gasteiger partial charge in [0.2, 0.25) is 11.8 Å². The average molecular weight is 355 g/mol. The van der Waals surface area contributed by atoms with Gasteiger partial charge in [0.15, 0.2) is 0 Å². The van der Waals surface area contributed by atoms with Gasteiger partial charge in [0.25, 0.3) is 5.69 Å². The largest absolute Gasteiger partial charge is 0.324 e. The Bertz CT molecular complexity index is 806. The number of carbonyl (C=O) groups is 2. The van der Waals surface area contributed by atoms with Crippen LogP contribution in [0.1, 0.15) is 12.0 Å². The summed E-state index contributed by atoms with van der Waals surface area (Å²) in [5.41, 5.74) is 6.44. The van der Waals surface area contributed by atoms with Crippen molar-refractivity contribution >= 4 is 23.2 Å². The number of benzene rings is 1. The molecule has 0 radical (unpaired) electrons. The van der Waals surface area contributed by atoms with Gasteiger partial charge < -0.3 is 10.7 Å². The number of aromatic nitrogens is 1. The van der Waals surface area contributed by atoms with E-state index in [0.717, 1.165) is 0 Å². The minimum atomic E-state index is -0.508. The van der Waals surface area contributed by atoms with Crippen molar-refractivity contribution in [3.05, 3.63) is 76.7 Å². The Balaban J connectivity index is 1.73. The third-order valence-electron chi connectivity index (χ3n) is 3.21. The molecule has 1 heterocycles. The van der Waals surface area contributed by atoms with Gasteiger partial charge >= 0.3 is 0 Å². The van der Waals surface area contributed by atoms with Crippen molar-refractivity contribution in [2.45, 2.75) is 12.8 Å². The lowest BCUT2D eigenvalue weighted by molar-refractivity contribution is -0.384. The van der Waals surface area contributed by atoms with Crippen molar-refractivity contribution in [2.75, 3.05) is 5.32 Å². The van der Waals surface area contributed by atoms with Gasteiger partial charge in [-0.15, -0.1) is 0 Å².